The minimum Gasteiger partial charge on any atom is -0.434 e. The lowest BCUT2D eigenvalue weighted by Crippen LogP contribution is -2.47. The first-order valence-corrected chi connectivity index (χ1v) is 11.1. The Bertz CT molecular complexity index is 799. The van der Waals surface area contributed by atoms with E-state index in [2.05, 4.69) is 0 Å². The molecule has 1 unspecified atom stereocenters. The number of carbonyl (C=O) groups is 3. The summed E-state index contributed by atoms with van der Waals surface area (Å²) < 4.78 is 40.2. The quantitative estimate of drug-likeness (QED) is 0.452. The number of nitrogens with two attached hydrogens (primary N) is 1. The molecule has 2 rings (SSSR count). The third-order valence-electron chi connectivity index (χ3n) is 4.68. The Balaban J connectivity index is 2.13. The van der Waals surface area contributed by atoms with Gasteiger partial charge in [0.2, 0.25) is 12.2 Å². The van der Waals surface area contributed by atoms with E-state index < -0.39 is 57.5 Å². The maximum atomic E-state index is 12.5. The van der Waals surface area contributed by atoms with E-state index in [0.29, 0.717) is 17.9 Å². The average Bonchev–Trinajstić information content (AvgIpc) is 2.76. The molecule has 2 N–H and O–H groups in total. The molecule has 2 aliphatic rings. The number of urea groups is 1. The summed E-state index contributed by atoms with van der Waals surface area (Å²) in [4.78, 5) is 37.5. The topological polar surface area (TPSA) is 146 Å². The zero-order valence-corrected chi connectivity index (χ0v) is 19.0. The van der Waals surface area contributed by atoms with E-state index in [-0.39, 0.29) is 13.0 Å². The van der Waals surface area contributed by atoms with Crippen LogP contribution in [-0.4, -0.2) is 61.2 Å². The van der Waals surface area contributed by atoms with Gasteiger partial charge in [0.15, 0.2) is 0 Å². The molecule has 0 radical (unpaired) electrons. The Kier molecular flexibility index (Phi) is 6.74. The summed E-state index contributed by atoms with van der Waals surface area (Å²) in [7, 11) is -4.75. The first-order valence-electron chi connectivity index (χ1n) is 9.73. The number of hydroxylamine groups is 2. The van der Waals surface area contributed by atoms with Crippen LogP contribution in [0.3, 0.4) is 0 Å². The molecule has 3 atom stereocenters. The Morgan fingerprint density at radius 1 is 1.17 bits per heavy atom. The third kappa shape index (κ3) is 6.05. The molecule has 3 amide bonds. The third-order valence-corrected chi connectivity index (χ3v) is 5.47. The molecule has 0 aromatic heterocycles. The van der Waals surface area contributed by atoms with Crippen molar-refractivity contribution in [1.82, 2.24) is 9.96 Å². The van der Waals surface area contributed by atoms with Gasteiger partial charge in [-0.1, -0.05) is 20.8 Å². The van der Waals surface area contributed by atoms with Crippen LogP contribution in [0.5, 0.6) is 0 Å². The fourth-order valence-corrected chi connectivity index (χ4v) is 3.95. The maximum absolute atomic E-state index is 12.5. The van der Waals surface area contributed by atoms with E-state index >= 15 is 0 Å². The maximum Gasteiger partial charge on any atom is 0.424 e. The SMILES string of the molecule is CC(C)(C)CC(OC(=O)C(C)(C)C)OS(=O)(=O)ON1C(=O)N2C[C@H]1CC[C@H]2C(N)=O. The molecule has 2 aliphatic heterocycles. The number of hydrogen-bond donors (Lipinski definition) is 1. The van der Waals surface area contributed by atoms with E-state index in [1.807, 2.05) is 20.8 Å². The molecule has 2 fully saturated rings. The highest BCUT2D eigenvalue weighted by molar-refractivity contribution is 7.81. The van der Waals surface area contributed by atoms with Crippen LogP contribution in [0.15, 0.2) is 0 Å². The Morgan fingerprint density at radius 2 is 1.77 bits per heavy atom. The van der Waals surface area contributed by atoms with Crippen molar-refractivity contribution in [3.05, 3.63) is 0 Å². The number of amides is 3. The molecule has 2 saturated heterocycles. The smallest absolute Gasteiger partial charge is 0.424 e. The first kappa shape index (κ1) is 24.4. The van der Waals surface area contributed by atoms with Crippen molar-refractivity contribution in [2.24, 2.45) is 16.6 Å². The van der Waals surface area contributed by atoms with Gasteiger partial charge in [-0.05, 0) is 39.0 Å². The molecule has 0 spiro atoms. The standard InChI is InChI=1S/C18H31N3O8S/c1-17(2,3)9-13(27-15(23)18(4,5)6)28-30(25,26)29-21-11-7-8-12(14(19)22)20(10-11)16(21)24/h11-13H,7-10H2,1-6H3,(H2,19,22)/t11-,12+,13?/m1/s1. The van der Waals surface area contributed by atoms with Crippen molar-refractivity contribution in [3.8, 4) is 0 Å². The van der Waals surface area contributed by atoms with Gasteiger partial charge in [0.05, 0.1) is 11.5 Å². The predicted molar refractivity (Wildman–Crippen MR) is 104 cm³/mol. The monoisotopic (exact) mass is 449 g/mol. The van der Waals surface area contributed by atoms with Gasteiger partial charge in [-0.2, -0.15) is 13.5 Å². The van der Waals surface area contributed by atoms with E-state index in [0.717, 1.165) is 0 Å². The highest BCUT2D eigenvalue weighted by Crippen LogP contribution is 2.32. The van der Waals surface area contributed by atoms with Crippen LogP contribution in [-0.2, 0) is 33.2 Å². The van der Waals surface area contributed by atoms with Gasteiger partial charge < -0.3 is 15.4 Å². The minimum absolute atomic E-state index is 0.0741. The van der Waals surface area contributed by atoms with Crippen molar-refractivity contribution in [1.29, 1.82) is 0 Å². The van der Waals surface area contributed by atoms with Crippen molar-refractivity contribution in [2.45, 2.75) is 79.2 Å². The molecule has 12 heteroatoms. The van der Waals surface area contributed by atoms with Crippen LogP contribution in [0.4, 0.5) is 4.79 Å². The zero-order chi connectivity index (χ0) is 23.1. The molecule has 172 valence electrons. The molecule has 0 aromatic rings. The Labute approximate surface area is 177 Å². The second-order valence-corrected chi connectivity index (χ2v) is 11.0. The fraction of sp³-hybridized carbons (Fsp3) is 0.833. The molecule has 2 bridgehead atoms. The number of rotatable bonds is 7. The minimum atomic E-state index is -4.75. The second kappa shape index (κ2) is 8.31. The molecular formula is C18H31N3O8S. The highest BCUT2D eigenvalue weighted by atomic mass is 32.3. The number of esters is 1. The molecule has 0 aliphatic carbocycles. The summed E-state index contributed by atoms with van der Waals surface area (Å²) in [5.74, 6) is -1.31. The average molecular weight is 450 g/mol. The van der Waals surface area contributed by atoms with Gasteiger partial charge in [0.25, 0.3) is 0 Å². The highest BCUT2D eigenvalue weighted by Gasteiger charge is 2.49. The van der Waals surface area contributed by atoms with Crippen LogP contribution >= 0.6 is 0 Å². The van der Waals surface area contributed by atoms with E-state index in [1.54, 1.807) is 20.8 Å². The molecule has 0 saturated carbocycles. The lowest BCUT2D eigenvalue weighted by molar-refractivity contribution is -0.178. The van der Waals surface area contributed by atoms with Crippen molar-refractivity contribution < 1.29 is 36.0 Å². The number of piperidine rings is 1. The summed E-state index contributed by atoms with van der Waals surface area (Å²) in [6, 6.07) is -2.16. The fourth-order valence-electron chi connectivity index (χ4n) is 3.16. The van der Waals surface area contributed by atoms with Gasteiger partial charge in [0.1, 0.15) is 6.04 Å². The summed E-state index contributed by atoms with van der Waals surface area (Å²) in [5, 5.41) is 0.679. The normalized spacial score (nSPS) is 23.5. The summed E-state index contributed by atoms with van der Waals surface area (Å²) in [6.07, 6.45) is -0.708. The van der Waals surface area contributed by atoms with Crippen LogP contribution < -0.4 is 5.73 Å². The number of nitrogens with zero attached hydrogens (tertiary/aromatic N) is 2. The van der Waals surface area contributed by atoms with Gasteiger partial charge in [-0.3, -0.25) is 9.59 Å². The summed E-state index contributed by atoms with van der Waals surface area (Å²) >= 11 is 0. The zero-order valence-electron chi connectivity index (χ0n) is 18.2. The number of fused-ring (bicyclic) bond motifs is 2. The number of primary amides is 1. The molecule has 30 heavy (non-hydrogen) atoms. The number of carbonyl (C=O) groups excluding carboxylic acids is 3. The predicted octanol–water partition coefficient (Wildman–Crippen LogP) is 1.28. The van der Waals surface area contributed by atoms with Crippen molar-refractivity contribution in [2.75, 3.05) is 6.54 Å². The van der Waals surface area contributed by atoms with E-state index in [9.17, 15) is 22.8 Å². The number of ether oxygens (including phenoxy) is 1. The van der Waals surface area contributed by atoms with Crippen LogP contribution in [0.1, 0.15) is 60.8 Å². The van der Waals surface area contributed by atoms with Crippen LogP contribution in [0.2, 0.25) is 0 Å². The van der Waals surface area contributed by atoms with Crippen LogP contribution in [0.25, 0.3) is 0 Å². The summed E-state index contributed by atoms with van der Waals surface area (Å²) in [5.41, 5.74) is 4.01. The molecule has 11 nitrogen and oxygen atoms in total. The van der Waals surface area contributed by atoms with Gasteiger partial charge in [-0.25, -0.2) is 8.98 Å². The Morgan fingerprint density at radius 3 is 2.27 bits per heavy atom. The Hall–Kier alpha value is -1.92. The molecular weight excluding hydrogens is 418 g/mol. The van der Waals surface area contributed by atoms with Gasteiger partial charge in [-0.15, -0.1) is 4.28 Å². The second-order valence-electron chi connectivity index (χ2n) is 9.84. The number of hydrogen-bond acceptors (Lipinski definition) is 8. The largest absolute Gasteiger partial charge is 0.434 e. The van der Waals surface area contributed by atoms with Gasteiger partial charge in [0, 0.05) is 13.0 Å². The lowest BCUT2D eigenvalue weighted by atomic mass is 9.92. The van der Waals surface area contributed by atoms with E-state index in [1.165, 1.54) is 4.90 Å². The summed E-state index contributed by atoms with van der Waals surface area (Å²) in [6.45, 7) is 10.5. The molecule has 0 aromatic carbocycles. The van der Waals surface area contributed by atoms with E-state index in [4.69, 9.17) is 18.9 Å². The van der Waals surface area contributed by atoms with Crippen molar-refractivity contribution in [3.63, 3.8) is 0 Å². The van der Waals surface area contributed by atoms with Crippen molar-refractivity contribution >= 4 is 28.3 Å². The first-order chi connectivity index (χ1) is 13.5. The van der Waals surface area contributed by atoms with Crippen LogP contribution in [0, 0.1) is 10.8 Å². The lowest BCUT2D eigenvalue weighted by Gasteiger charge is -2.28. The molecule has 2 heterocycles. The van der Waals surface area contributed by atoms with Gasteiger partial charge >= 0.3 is 22.4 Å².